The molecule has 5 nitrogen and oxygen atoms in total. The molecule has 0 fully saturated rings. The third-order valence-electron chi connectivity index (χ3n) is 5.50. The van der Waals surface area contributed by atoms with Gasteiger partial charge in [0.2, 0.25) is 0 Å². The number of hydrogen-bond donors (Lipinski definition) is 1. The van der Waals surface area contributed by atoms with Gasteiger partial charge in [-0.3, -0.25) is 4.79 Å². The first-order chi connectivity index (χ1) is 16.7. The highest BCUT2D eigenvalue weighted by Gasteiger charge is 2.19. The molecule has 0 aliphatic heterocycles. The van der Waals surface area contributed by atoms with Gasteiger partial charge in [-0.1, -0.05) is 103 Å². The Morgan fingerprint density at radius 1 is 0.882 bits per heavy atom. The number of hydrogen-bond acceptors (Lipinski definition) is 3. The minimum atomic E-state index is -0.443. The van der Waals surface area contributed by atoms with E-state index in [0.29, 0.717) is 13.1 Å². The zero-order valence-corrected chi connectivity index (χ0v) is 19.6. The summed E-state index contributed by atoms with van der Waals surface area (Å²) in [6, 6.07) is 30.3. The second kappa shape index (κ2) is 13.6. The van der Waals surface area contributed by atoms with E-state index in [1.165, 1.54) is 11.1 Å². The molecule has 5 heteroatoms. The number of esters is 1. The van der Waals surface area contributed by atoms with Crippen LogP contribution in [0.5, 0.6) is 0 Å². The molecule has 0 aliphatic rings. The lowest BCUT2D eigenvalue weighted by atomic mass is 9.88. The minimum absolute atomic E-state index is 0.146. The summed E-state index contributed by atoms with van der Waals surface area (Å²) >= 11 is 0. The second-order valence-electron chi connectivity index (χ2n) is 7.89. The van der Waals surface area contributed by atoms with Crippen molar-refractivity contribution in [2.24, 2.45) is 0 Å². The number of nitrogens with one attached hydrogen (secondary N) is 1. The molecule has 0 heterocycles. The first-order valence-corrected chi connectivity index (χ1v) is 11.7. The molecule has 3 rings (SSSR count). The second-order valence-corrected chi connectivity index (χ2v) is 7.89. The third kappa shape index (κ3) is 7.93. The summed E-state index contributed by atoms with van der Waals surface area (Å²) in [6.45, 7) is 2.84. The lowest BCUT2D eigenvalue weighted by Crippen LogP contribution is -2.43. The first-order valence-electron chi connectivity index (χ1n) is 11.7. The van der Waals surface area contributed by atoms with Crippen LogP contribution in [0.3, 0.4) is 0 Å². The molecular formula is C29H32N2O3. The van der Waals surface area contributed by atoms with Crippen LogP contribution in [-0.2, 0) is 9.53 Å². The van der Waals surface area contributed by atoms with Gasteiger partial charge in [0.05, 0.1) is 6.61 Å². The van der Waals surface area contributed by atoms with Crippen molar-refractivity contribution in [1.82, 2.24) is 10.2 Å². The summed E-state index contributed by atoms with van der Waals surface area (Å²) in [5.41, 5.74) is 3.49. The number of amides is 2. The maximum Gasteiger partial charge on any atom is 0.325 e. The summed E-state index contributed by atoms with van der Waals surface area (Å²) in [7, 11) is 0. The molecule has 3 aromatic carbocycles. The molecule has 0 saturated heterocycles. The monoisotopic (exact) mass is 456 g/mol. The normalized spacial score (nSPS) is 10.9. The Hall–Kier alpha value is -3.86. The van der Waals surface area contributed by atoms with Crippen molar-refractivity contribution in [3.63, 3.8) is 0 Å². The van der Waals surface area contributed by atoms with Gasteiger partial charge in [0, 0.05) is 19.0 Å². The average Bonchev–Trinajstić information content (AvgIpc) is 2.88. The SMILES string of the molecule is CCOC(=O)CNC(=O)N(C/C=C/c1ccccc1)CCC(c1ccccc1)c1ccccc1. The topological polar surface area (TPSA) is 58.6 Å². The number of nitrogens with zero attached hydrogens (tertiary/aromatic N) is 1. The van der Waals surface area contributed by atoms with E-state index >= 15 is 0 Å². The van der Waals surface area contributed by atoms with Gasteiger partial charge in [0.1, 0.15) is 6.54 Å². The van der Waals surface area contributed by atoms with Crippen LogP contribution in [0.1, 0.15) is 36.0 Å². The fraction of sp³-hybridized carbons (Fsp3) is 0.241. The molecule has 1 N–H and O–H groups in total. The fourth-order valence-electron chi connectivity index (χ4n) is 3.81. The Labute approximate surface area is 202 Å². The van der Waals surface area contributed by atoms with Gasteiger partial charge in [0.15, 0.2) is 0 Å². The van der Waals surface area contributed by atoms with E-state index in [2.05, 4.69) is 29.6 Å². The third-order valence-corrected chi connectivity index (χ3v) is 5.50. The Bertz CT molecular complexity index is 997. The molecule has 0 saturated carbocycles. The predicted octanol–water partition coefficient (Wildman–Crippen LogP) is 5.50. The number of carbonyl (C=O) groups is 2. The van der Waals surface area contributed by atoms with Crippen LogP contribution in [0, 0.1) is 0 Å². The maximum absolute atomic E-state index is 13.0. The summed E-state index contributed by atoms with van der Waals surface area (Å²) < 4.78 is 4.94. The van der Waals surface area contributed by atoms with Crippen molar-refractivity contribution in [3.8, 4) is 0 Å². The summed E-state index contributed by atoms with van der Waals surface area (Å²) in [5.74, 6) is -0.289. The highest BCUT2D eigenvalue weighted by molar-refractivity contribution is 5.81. The van der Waals surface area contributed by atoms with Crippen molar-refractivity contribution < 1.29 is 14.3 Å². The number of carbonyl (C=O) groups excluding carboxylic acids is 2. The van der Waals surface area contributed by atoms with Crippen LogP contribution in [0.15, 0.2) is 97.1 Å². The van der Waals surface area contributed by atoms with Crippen LogP contribution < -0.4 is 5.32 Å². The molecule has 0 spiro atoms. The van der Waals surface area contributed by atoms with Gasteiger partial charge < -0.3 is 15.0 Å². The van der Waals surface area contributed by atoms with E-state index in [1.54, 1.807) is 11.8 Å². The molecule has 0 bridgehead atoms. The minimum Gasteiger partial charge on any atom is -0.465 e. The van der Waals surface area contributed by atoms with Crippen molar-refractivity contribution in [2.75, 3.05) is 26.2 Å². The number of ether oxygens (including phenoxy) is 1. The van der Waals surface area contributed by atoms with E-state index in [0.717, 1.165) is 12.0 Å². The van der Waals surface area contributed by atoms with Crippen LogP contribution >= 0.6 is 0 Å². The number of rotatable bonds is 11. The van der Waals surface area contributed by atoms with Crippen LogP contribution in [0.2, 0.25) is 0 Å². The van der Waals surface area contributed by atoms with Crippen molar-refractivity contribution >= 4 is 18.1 Å². The zero-order chi connectivity index (χ0) is 24.0. The molecule has 0 radical (unpaired) electrons. The van der Waals surface area contributed by atoms with E-state index in [1.807, 2.05) is 78.9 Å². The smallest absolute Gasteiger partial charge is 0.325 e. The Balaban J connectivity index is 1.73. The molecule has 3 aromatic rings. The van der Waals surface area contributed by atoms with Gasteiger partial charge in [-0.05, 0) is 30.0 Å². The Kier molecular flexibility index (Phi) is 9.93. The van der Waals surface area contributed by atoms with Crippen LogP contribution in [0.4, 0.5) is 4.79 Å². The van der Waals surface area contributed by atoms with E-state index in [-0.39, 0.29) is 25.1 Å². The lowest BCUT2D eigenvalue weighted by molar-refractivity contribution is -0.141. The summed E-state index contributed by atoms with van der Waals surface area (Å²) in [6.07, 6.45) is 4.72. The van der Waals surface area contributed by atoms with Crippen molar-refractivity contribution in [3.05, 3.63) is 114 Å². The van der Waals surface area contributed by atoms with Gasteiger partial charge in [-0.25, -0.2) is 4.79 Å². The quantitative estimate of drug-likeness (QED) is 0.388. The summed E-state index contributed by atoms with van der Waals surface area (Å²) in [5, 5.41) is 2.70. The molecule has 0 atom stereocenters. The van der Waals surface area contributed by atoms with E-state index < -0.39 is 5.97 Å². The van der Waals surface area contributed by atoms with Crippen molar-refractivity contribution in [1.29, 1.82) is 0 Å². The summed E-state index contributed by atoms with van der Waals surface area (Å²) in [4.78, 5) is 26.4. The molecule has 0 aliphatic carbocycles. The largest absolute Gasteiger partial charge is 0.465 e. The molecule has 0 aromatic heterocycles. The number of urea groups is 1. The van der Waals surface area contributed by atoms with Crippen LogP contribution in [-0.4, -0.2) is 43.1 Å². The molecule has 34 heavy (non-hydrogen) atoms. The molecular weight excluding hydrogens is 424 g/mol. The highest BCUT2D eigenvalue weighted by atomic mass is 16.5. The molecule has 2 amide bonds. The highest BCUT2D eigenvalue weighted by Crippen LogP contribution is 2.28. The van der Waals surface area contributed by atoms with Gasteiger partial charge in [-0.2, -0.15) is 0 Å². The Morgan fingerprint density at radius 3 is 2.00 bits per heavy atom. The maximum atomic E-state index is 13.0. The van der Waals surface area contributed by atoms with E-state index in [9.17, 15) is 9.59 Å². The van der Waals surface area contributed by atoms with E-state index in [4.69, 9.17) is 4.74 Å². The van der Waals surface area contributed by atoms with Crippen molar-refractivity contribution in [2.45, 2.75) is 19.3 Å². The zero-order valence-electron chi connectivity index (χ0n) is 19.6. The van der Waals surface area contributed by atoms with Gasteiger partial charge in [-0.15, -0.1) is 0 Å². The standard InChI is InChI=1S/C29H32N2O3/c1-2-34-28(32)23-30-29(33)31(21-12-15-24-13-6-3-7-14-24)22-20-27(25-16-8-4-9-17-25)26-18-10-5-11-19-26/h3-19,27H,2,20-23H2,1H3,(H,30,33)/b15-12+. The molecule has 176 valence electrons. The van der Waals surface area contributed by atoms with Crippen LogP contribution in [0.25, 0.3) is 6.08 Å². The predicted molar refractivity (Wildman–Crippen MR) is 136 cm³/mol. The van der Waals surface area contributed by atoms with Gasteiger partial charge in [0.25, 0.3) is 0 Å². The molecule has 0 unspecified atom stereocenters. The van der Waals surface area contributed by atoms with Gasteiger partial charge >= 0.3 is 12.0 Å². The first kappa shape index (κ1) is 24.8. The fourth-order valence-corrected chi connectivity index (χ4v) is 3.81. The average molecular weight is 457 g/mol. The number of benzene rings is 3. The lowest BCUT2D eigenvalue weighted by Gasteiger charge is -2.25. The Morgan fingerprint density at radius 2 is 1.44 bits per heavy atom.